The van der Waals surface area contributed by atoms with Gasteiger partial charge in [0.2, 0.25) is 0 Å². The summed E-state index contributed by atoms with van der Waals surface area (Å²) in [7, 11) is 0. The quantitative estimate of drug-likeness (QED) is 0.601. The van der Waals surface area contributed by atoms with E-state index < -0.39 is 0 Å². The van der Waals surface area contributed by atoms with Crippen molar-refractivity contribution in [2.75, 3.05) is 5.73 Å². The van der Waals surface area contributed by atoms with E-state index in [1.807, 2.05) is 26.0 Å². The van der Waals surface area contributed by atoms with Crippen molar-refractivity contribution in [3.63, 3.8) is 0 Å². The third-order valence-corrected chi connectivity index (χ3v) is 4.92. The number of amides is 1. The second kappa shape index (κ2) is 6.52. The van der Waals surface area contributed by atoms with Crippen molar-refractivity contribution in [1.82, 2.24) is 15.1 Å². The summed E-state index contributed by atoms with van der Waals surface area (Å²) in [5.74, 6) is -0.327. The van der Waals surface area contributed by atoms with Crippen LogP contribution in [0, 0.1) is 3.57 Å². The van der Waals surface area contributed by atoms with E-state index in [1.165, 1.54) is 16.0 Å². The van der Waals surface area contributed by atoms with Gasteiger partial charge < -0.3 is 11.1 Å². The Morgan fingerprint density at radius 2 is 2.00 bits per heavy atom. The van der Waals surface area contributed by atoms with E-state index in [0.29, 0.717) is 21.5 Å². The molecule has 0 saturated carbocycles. The monoisotopic (exact) mass is 450 g/mol. The zero-order valence-corrected chi connectivity index (χ0v) is 16.0. The van der Waals surface area contributed by atoms with Gasteiger partial charge in [-0.2, -0.15) is 9.78 Å². The molecule has 3 rings (SSSR count). The number of hydrogen-bond acceptors (Lipinski definition) is 5. The van der Waals surface area contributed by atoms with Crippen LogP contribution in [0.5, 0.6) is 0 Å². The number of carbonyl (C=O) groups excluding carboxylic acids is 1. The first-order valence-corrected chi connectivity index (χ1v) is 9.21. The number of benzene rings is 1. The maximum absolute atomic E-state index is 12.8. The average Bonchev–Trinajstić information content (AvgIpc) is 2.90. The molecule has 0 fully saturated rings. The number of thiophene rings is 1. The van der Waals surface area contributed by atoms with E-state index in [1.54, 1.807) is 17.5 Å². The summed E-state index contributed by atoms with van der Waals surface area (Å²) in [6.07, 6.45) is 0. The molecule has 24 heavy (non-hydrogen) atoms. The number of fused-ring (bicyclic) bond motifs is 1. The molecule has 0 spiro atoms. The summed E-state index contributed by atoms with van der Waals surface area (Å²) in [6.45, 7) is 3.73. The fourth-order valence-electron chi connectivity index (χ4n) is 2.33. The van der Waals surface area contributed by atoms with Gasteiger partial charge >= 0.3 is 0 Å². The fraction of sp³-hybridized carbons (Fsp3) is 0.188. The van der Waals surface area contributed by atoms with Gasteiger partial charge in [0.15, 0.2) is 5.69 Å². The van der Waals surface area contributed by atoms with Crippen LogP contribution in [-0.4, -0.2) is 21.7 Å². The summed E-state index contributed by atoms with van der Waals surface area (Å²) in [5.41, 5.74) is 6.42. The highest BCUT2D eigenvalue weighted by Gasteiger charge is 2.20. The fourth-order valence-corrected chi connectivity index (χ4v) is 3.48. The van der Waals surface area contributed by atoms with Crippen molar-refractivity contribution in [1.29, 1.82) is 0 Å². The third-order valence-electron chi connectivity index (χ3n) is 3.39. The van der Waals surface area contributed by atoms with Gasteiger partial charge in [-0.25, -0.2) is 0 Å². The number of nitrogens with one attached hydrogen (secondary N) is 1. The zero-order valence-electron chi connectivity index (χ0n) is 13.0. The molecule has 0 unspecified atom stereocenters. The highest BCUT2D eigenvalue weighted by atomic mass is 123. The van der Waals surface area contributed by atoms with E-state index in [9.17, 15) is 9.59 Å². The molecule has 0 bridgehead atoms. The van der Waals surface area contributed by atoms with Crippen molar-refractivity contribution < 1.29 is 4.79 Å². The third kappa shape index (κ3) is 3.03. The SMILES string of the molecule is CC(C)NC(=O)c1nn(-c2ccc([123I])cc2)c(=O)c2c(N)scc12. The maximum atomic E-state index is 12.8. The van der Waals surface area contributed by atoms with Gasteiger partial charge in [0.05, 0.1) is 16.1 Å². The van der Waals surface area contributed by atoms with Crippen LogP contribution in [0.3, 0.4) is 0 Å². The number of anilines is 1. The molecule has 8 heteroatoms. The Kier molecular flexibility index (Phi) is 4.59. The van der Waals surface area contributed by atoms with Crippen molar-refractivity contribution >= 4 is 55.6 Å². The maximum Gasteiger partial charge on any atom is 0.282 e. The van der Waals surface area contributed by atoms with Crippen LogP contribution in [0.1, 0.15) is 24.3 Å². The summed E-state index contributed by atoms with van der Waals surface area (Å²) < 4.78 is 2.27. The molecule has 0 radical (unpaired) electrons. The smallest absolute Gasteiger partial charge is 0.282 e. The highest BCUT2D eigenvalue weighted by molar-refractivity contribution is 14.1. The highest BCUT2D eigenvalue weighted by Crippen LogP contribution is 2.27. The largest absolute Gasteiger partial charge is 0.390 e. The number of halogens is 1. The second-order valence-electron chi connectivity index (χ2n) is 5.56. The summed E-state index contributed by atoms with van der Waals surface area (Å²) in [6, 6.07) is 7.28. The van der Waals surface area contributed by atoms with Gasteiger partial charge in [0.25, 0.3) is 11.5 Å². The Labute approximate surface area is 155 Å². The van der Waals surface area contributed by atoms with Crippen LogP contribution < -0.4 is 16.6 Å². The van der Waals surface area contributed by atoms with Gasteiger partial charge in [0, 0.05) is 20.4 Å². The number of aromatic nitrogens is 2. The normalized spacial score (nSPS) is 11.2. The standard InChI is InChI=1S/C16H15IN4O2S/c1-8(2)19-15(22)13-11-7-24-14(18)12(11)16(23)21(20-13)10-5-3-9(17)4-6-10/h3-8H,18H2,1-2H3,(H,19,22)/i17-4. The average molecular weight is 450 g/mol. The molecule has 124 valence electrons. The van der Waals surface area contributed by atoms with Crippen molar-refractivity contribution in [3.8, 4) is 5.69 Å². The van der Waals surface area contributed by atoms with Crippen molar-refractivity contribution in [3.05, 3.63) is 49.3 Å². The molecular formula is C16H15IN4O2S. The van der Waals surface area contributed by atoms with Gasteiger partial charge in [0.1, 0.15) is 0 Å². The van der Waals surface area contributed by atoms with Crippen LogP contribution in [0.25, 0.3) is 16.5 Å². The Morgan fingerprint density at radius 1 is 1.33 bits per heavy atom. The predicted octanol–water partition coefficient (Wildman–Crippen LogP) is 2.77. The van der Waals surface area contributed by atoms with Crippen LogP contribution >= 0.6 is 33.9 Å². The topological polar surface area (TPSA) is 90.0 Å². The molecule has 3 aromatic rings. The Balaban J connectivity index is 2.28. The Hall–Kier alpha value is -1.94. The van der Waals surface area contributed by atoms with Crippen molar-refractivity contribution in [2.45, 2.75) is 19.9 Å². The molecule has 6 nitrogen and oxygen atoms in total. The van der Waals surface area contributed by atoms with Gasteiger partial charge in [-0.15, -0.1) is 11.3 Å². The first kappa shape index (κ1) is 16.9. The minimum absolute atomic E-state index is 0.0379. The predicted molar refractivity (Wildman–Crippen MR) is 105 cm³/mol. The van der Waals surface area contributed by atoms with E-state index >= 15 is 0 Å². The number of nitrogen functional groups attached to an aromatic ring is 1. The number of rotatable bonds is 3. The molecule has 1 amide bonds. The minimum atomic E-state index is -0.328. The van der Waals surface area contributed by atoms with Crippen molar-refractivity contribution in [2.24, 2.45) is 0 Å². The van der Waals surface area contributed by atoms with Gasteiger partial charge in [-0.1, -0.05) is 0 Å². The lowest BCUT2D eigenvalue weighted by Gasteiger charge is -2.11. The van der Waals surface area contributed by atoms with Gasteiger partial charge in [-0.05, 0) is 60.7 Å². The first-order chi connectivity index (χ1) is 11.4. The number of hydrogen-bond donors (Lipinski definition) is 2. The molecule has 0 aliphatic rings. The second-order valence-corrected chi connectivity index (χ2v) is 7.72. The summed E-state index contributed by atoms with van der Waals surface area (Å²) in [4.78, 5) is 25.3. The molecule has 0 aliphatic carbocycles. The van der Waals surface area contributed by atoms with Crippen LogP contribution in [0.2, 0.25) is 0 Å². The molecular weight excluding hydrogens is 435 g/mol. The van der Waals surface area contributed by atoms with Crippen LogP contribution in [-0.2, 0) is 0 Å². The molecule has 1 aromatic carbocycles. The Morgan fingerprint density at radius 3 is 2.62 bits per heavy atom. The molecule has 0 atom stereocenters. The lowest BCUT2D eigenvalue weighted by Crippen LogP contribution is -2.33. The number of nitrogens with zero attached hydrogens (tertiary/aromatic N) is 2. The first-order valence-electron chi connectivity index (χ1n) is 7.25. The van der Waals surface area contributed by atoms with Gasteiger partial charge in [-0.3, -0.25) is 9.59 Å². The van der Waals surface area contributed by atoms with E-state index in [4.69, 9.17) is 5.73 Å². The molecule has 2 heterocycles. The lowest BCUT2D eigenvalue weighted by atomic mass is 10.2. The van der Waals surface area contributed by atoms with E-state index in [0.717, 1.165) is 3.57 Å². The summed E-state index contributed by atoms with van der Waals surface area (Å²) >= 11 is 3.42. The lowest BCUT2D eigenvalue weighted by molar-refractivity contribution is 0.0938. The zero-order chi connectivity index (χ0) is 17.4. The van der Waals surface area contributed by atoms with Crippen LogP contribution in [0.15, 0.2) is 34.4 Å². The number of carbonyl (C=O) groups is 1. The van der Waals surface area contributed by atoms with E-state index in [2.05, 4.69) is 33.0 Å². The minimum Gasteiger partial charge on any atom is -0.390 e. The molecule has 3 N–H and O–H groups in total. The Bertz CT molecular complexity index is 976. The molecule has 0 saturated heterocycles. The van der Waals surface area contributed by atoms with Crippen LogP contribution in [0.4, 0.5) is 5.00 Å². The molecule has 0 aliphatic heterocycles. The van der Waals surface area contributed by atoms with E-state index in [-0.39, 0.29) is 23.2 Å². The molecule has 2 aromatic heterocycles. The summed E-state index contributed by atoms with van der Waals surface area (Å²) in [5, 5.41) is 10.0. The number of nitrogens with two attached hydrogens (primary N) is 1.